The number of halogens is 1. The predicted octanol–water partition coefficient (Wildman–Crippen LogP) is 3.76. The molecule has 2 rings (SSSR count). The van der Waals surface area contributed by atoms with E-state index in [2.05, 4.69) is 29.1 Å². The minimum absolute atomic E-state index is 0.354. The number of rotatable bonds is 5. The van der Waals surface area contributed by atoms with Gasteiger partial charge >= 0.3 is 0 Å². The van der Waals surface area contributed by atoms with E-state index in [1.54, 1.807) is 17.7 Å². The van der Waals surface area contributed by atoms with Crippen LogP contribution in [-0.2, 0) is 0 Å². The summed E-state index contributed by atoms with van der Waals surface area (Å²) >= 11 is 7.50. The van der Waals surface area contributed by atoms with Gasteiger partial charge in [-0.2, -0.15) is 0 Å². The largest absolute Gasteiger partial charge is 0.366 e. The Bertz CT molecular complexity index is 483. The van der Waals surface area contributed by atoms with Crippen molar-refractivity contribution in [1.82, 2.24) is 9.97 Å². The fraction of sp³-hybridized carbons (Fsp3) is 0.500. The molecule has 2 heterocycles. The van der Waals surface area contributed by atoms with Gasteiger partial charge in [0.25, 0.3) is 0 Å². The Morgan fingerprint density at radius 1 is 1.41 bits per heavy atom. The first-order valence-electron chi connectivity index (χ1n) is 5.73. The zero-order valence-corrected chi connectivity index (χ0v) is 11.6. The van der Waals surface area contributed by atoms with Crippen LogP contribution in [0.25, 0.3) is 10.2 Å². The highest BCUT2D eigenvalue weighted by molar-refractivity contribution is 7.17. The first-order chi connectivity index (χ1) is 8.22. The molecule has 92 valence electrons. The molecule has 0 spiro atoms. The third-order valence-electron chi connectivity index (χ3n) is 2.79. The molecule has 17 heavy (non-hydrogen) atoms. The maximum atomic E-state index is 5.83. The van der Waals surface area contributed by atoms with Gasteiger partial charge in [0.15, 0.2) is 0 Å². The van der Waals surface area contributed by atoms with Crippen LogP contribution in [0.3, 0.4) is 0 Å². The van der Waals surface area contributed by atoms with Crippen LogP contribution in [-0.4, -0.2) is 21.9 Å². The average molecular weight is 270 g/mol. The van der Waals surface area contributed by atoms with Gasteiger partial charge in [0.2, 0.25) is 0 Å². The lowest BCUT2D eigenvalue weighted by atomic mass is 10.0. The van der Waals surface area contributed by atoms with Crippen LogP contribution in [0.5, 0.6) is 0 Å². The van der Waals surface area contributed by atoms with Gasteiger partial charge in [-0.1, -0.05) is 13.8 Å². The van der Waals surface area contributed by atoms with E-state index >= 15 is 0 Å². The van der Waals surface area contributed by atoms with Gasteiger partial charge < -0.3 is 5.32 Å². The zero-order chi connectivity index (χ0) is 12.3. The molecule has 0 amide bonds. The number of thiophene rings is 1. The Kier molecular flexibility index (Phi) is 4.18. The number of fused-ring (bicyclic) bond motifs is 1. The van der Waals surface area contributed by atoms with Crippen LogP contribution in [0.1, 0.15) is 20.3 Å². The molecule has 0 radical (unpaired) electrons. The fourth-order valence-electron chi connectivity index (χ4n) is 1.76. The Morgan fingerprint density at radius 2 is 2.24 bits per heavy atom. The second-order valence-electron chi connectivity index (χ2n) is 4.33. The maximum absolute atomic E-state index is 5.83. The summed E-state index contributed by atoms with van der Waals surface area (Å²) in [6.45, 7) is 4.38. The highest BCUT2D eigenvalue weighted by Gasteiger charge is 2.15. The molecule has 1 unspecified atom stereocenters. The summed E-state index contributed by atoms with van der Waals surface area (Å²) < 4.78 is 1.12. The summed E-state index contributed by atoms with van der Waals surface area (Å²) in [6.07, 6.45) is 2.55. The molecule has 0 saturated carbocycles. The van der Waals surface area contributed by atoms with Gasteiger partial charge in [-0.15, -0.1) is 22.9 Å². The monoisotopic (exact) mass is 269 g/mol. The van der Waals surface area contributed by atoms with Crippen LogP contribution in [0.15, 0.2) is 17.8 Å². The van der Waals surface area contributed by atoms with Crippen molar-refractivity contribution in [3.63, 3.8) is 0 Å². The Labute approximate surface area is 110 Å². The highest BCUT2D eigenvalue weighted by atomic mass is 35.5. The summed E-state index contributed by atoms with van der Waals surface area (Å²) in [6, 6.07) is 2.37. The van der Waals surface area contributed by atoms with Crippen molar-refractivity contribution in [3.8, 4) is 0 Å². The first kappa shape index (κ1) is 12.6. The molecule has 5 heteroatoms. The molecule has 1 N–H and O–H groups in total. The number of hydrogen-bond donors (Lipinski definition) is 1. The van der Waals surface area contributed by atoms with E-state index in [1.165, 1.54) is 0 Å². The lowest BCUT2D eigenvalue weighted by Crippen LogP contribution is -2.26. The van der Waals surface area contributed by atoms with Gasteiger partial charge in [0.1, 0.15) is 12.1 Å². The fourth-order valence-corrected chi connectivity index (χ4v) is 2.79. The van der Waals surface area contributed by atoms with E-state index in [0.717, 1.165) is 22.5 Å². The van der Waals surface area contributed by atoms with Crippen molar-refractivity contribution in [3.05, 3.63) is 17.8 Å². The first-order valence-corrected chi connectivity index (χ1v) is 7.14. The van der Waals surface area contributed by atoms with Crippen molar-refractivity contribution in [2.45, 2.75) is 26.3 Å². The molecule has 0 bridgehead atoms. The second-order valence-corrected chi connectivity index (χ2v) is 5.62. The lowest BCUT2D eigenvalue weighted by Gasteiger charge is -2.22. The normalized spacial score (nSPS) is 13.2. The van der Waals surface area contributed by atoms with E-state index in [9.17, 15) is 0 Å². The molecular formula is C12H16ClN3S. The third kappa shape index (κ3) is 2.87. The van der Waals surface area contributed by atoms with Crippen molar-refractivity contribution in [1.29, 1.82) is 0 Å². The van der Waals surface area contributed by atoms with Gasteiger partial charge in [0, 0.05) is 11.9 Å². The van der Waals surface area contributed by atoms with Gasteiger partial charge in [-0.25, -0.2) is 9.97 Å². The molecule has 0 aliphatic rings. The molecule has 0 saturated heterocycles. The molecular weight excluding hydrogens is 254 g/mol. The van der Waals surface area contributed by atoms with Gasteiger partial charge in [-0.05, 0) is 23.8 Å². The van der Waals surface area contributed by atoms with Gasteiger partial charge in [-0.3, -0.25) is 0 Å². The topological polar surface area (TPSA) is 37.8 Å². The number of aromatic nitrogens is 2. The smallest absolute Gasteiger partial charge is 0.147 e. The van der Waals surface area contributed by atoms with E-state index in [0.29, 0.717) is 17.8 Å². The standard InChI is InChI=1S/C12H16ClN3S/c1-8(2)9(3-5-13)16-12-11-10(4-6-17-11)14-7-15-12/h4,6-9H,3,5H2,1-2H3,(H,14,15,16). The van der Waals surface area contributed by atoms with Crippen molar-refractivity contribution in [2.75, 3.05) is 11.2 Å². The summed E-state index contributed by atoms with van der Waals surface area (Å²) in [5.41, 5.74) is 1.00. The number of alkyl halides is 1. The van der Waals surface area contributed by atoms with Crippen LogP contribution >= 0.6 is 22.9 Å². The Morgan fingerprint density at radius 3 is 2.94 bits per heavy atom. The summed E-state index contributed by atoms with van der Waals surface area (Å²) in [7, 11) is 0. The Balaban J connectivity index is 2.24. The summed E-state index contributed by atoms with van der Waals surface area (Å²) in [4.78, 5) is 8.56. The van der Waals surface area contributed by atoms with Crippen LogP contribution in [0, 0.1) is 5.92 Å². The minimum Gasteiger partial charge on any atom is -0.366 e. The van der Waals surface area contributed by atoms with E-state index < -0.39 is 0 Å². The molecule has 2 aromatic heterocycles. The quantitative estimate of drug-likeness (QED) is 0.840. The van der Waals surface area contributed by atoms with E-state index in [4.69, 9.17) is 11.6 Å². The predicted molar refractivity (Wildman–Crippen MR) is 75.0 cm³/mol. The molecule has 3 nitrogen and oxygen atoms in total. The van der Waals surface area contributed by atoms with Crippen molar-refractivity contribution >= 4 is 39.0 Å². The van der Waals surface area contributed by atoms with Crippen LogP contribution in [0.2, 0.25) is 0 Å². The molecule has 0 aliphatic carbocycles. The molecule has 0 aliphatic heterocycles. The van der Waals surface area contributed by atoms with Crippen molar-refractivity contribution in [2.24, 2.45) is 5.92 Å². The van der Waals surface area contributed by atoms with E-state index in [1.807, 2.05) is 11.4 Å². The third-order valence-corrected chi connectivity index (χ3v) is 3.92. The molecule has 1 atom stereocenters. The lowest BCUT2D eigenvalue weighted by molar-refractivity contribution is 0.512. The summed E-state index contributed by atoms with van der Waals surface area (Å²) in [5, 5.41) is 5.52. The molecule has 2 aromatic rings. The second kappa shape index (κ2) is 5.65. The highest BCUT2D eigenvalue weighted by Crippen LogP contribution is 2.26. The van der Waals surface area contributed by atoms with Crippen LogP contribution < -0.4 is 5.32 Å². The summed E-state index contributed by atoms with van der Waals surface area (Å²) in [5.74, 6) is 2.11. The average Bonchev–Trinajstić information content (AvgIpc) is 2.77. The van der Waals surface area contributed by atoms with Crippen molar-refractivity contribution < 1.29 is 0 Å². The number of nitrogens with zero attached hydrogens (tertiary/aromatic N) is 2. The molecule has 0 fully saturated rings. The van der Waals surface area contributed by atoms with Crippen LogP contribution in [0.4, 0.5) is 5.82 Å². The SMILES string of the molecule is CC(C)C(CCCl)Nc1ncnc2ccsc12. The zero-order valence-electron chi connectivity index (χ0n) is 9.98. The Hall–Kier alpha value is -0.870. The maximum Gasteiger partial charge on any atom is 0.147 e. The number of anilines is 1. The van der Waals surface area contributed by atoms with E-state index in [-0.39, 0.29) is 0 Å². The van der Waals surface area contributed by atoms with Gasteiger partial charge in [0.05, 0.1) is 10.2 Å². The minimum atomic E-state index is 0.354. The number of nitrogens with one attached hydrogen (secondary N) is 1. The number of hydrogen-bond acceptors (Lipinski definition) is 4. The molecule has 0 aromatic carbocycles.